The number of carboxylic acid groups (broad SMARTS) is 1. The van der Waals surface area contributed by atoms with Gasteiger partial charge in [0.2, 0.25) is 0 Å². The molecule has 2 aromatic heterocycles. The van der Waals surface area contributed by atoms with E-state index < -0.39 is 5.97 Å². The van der Waals surface area contributed by atoms with Crippen molar-refractivity contribution in [2.24, 2.45) is 0 Å². The Bertz CT molecular complexity index is 529. The van der Waals surface area contributed by atoms with E-state index in [2.05, 4.69) is 4.98 Å². The van der Waals surface area contributed by atoms with E-state index in [-0.39, 0.29) is 0 Å². The lowest BCUT2D eigenvalue weighted by Gasteiger charge is -2.01. The highest BCUT2D eigenvalue weighted by Crippen LogP contribution is 2.04. The van der Waals surface area contributed by atoms with E-state index in [1.54, 1.807) is 35.3 Å². The lowest BCUT2D eigenvalue weighted by Crippen LogP contribution is -2.06. The van der Waals surface area contributed by atoms with Crippen LogP contribution in [0, 0.1) is 0 Å². The molecule has 0 saturated carbocycles. The minimum atomic E-state index is -0.910. The molecule has 0 spiro atoms. The van der Waals surface area contributed by atoms with Crippen molar-refractivity contribution in [3.63, 3.8) is 0 Å². The Kier molecular flexibility index (Phi) is 3.35. The molecular formula is C13H12N2O2. The largest absolute Gasteiger partial charge is 0.477 e. The predicted molar refractivity (Wildman–Crippen MR) is 64.7 cm³/mol. The van der Waals surface area contributed by atoms with Gasteiger partial charge in [-0.3, -0.25) is 4.98 Å². The van der Waals surface area contributed by atoms with E-state index in [4.69, 9.17) is 5.11 Å². The fraction of sp³-hybridized carbons (Fsp3) is 0.0769. The van der Waals surface area contributed by atoms with Crippen LogP contribution in [0.5, 0.6) is 0 Å². The summed E-state index contributed by atoms with van der Waals surface area (Å²) in [4.78, 5) is 14.8. The molecule has 17 heavy (non-hydrogen) atoms. The van der Waals surface area contributed by atoms with Crippen molar-refractivity contribution in [2.75, 3.05) is 0 Å². The second kappa shape index (κ2) is 5.12. The zero-order valence-corrected chi connectivity index (χ0v) is 9.15. The molecule has 2 rings (SSSR count). The molecule has 0 radical (unpaired) electrons. The second-order valence-electron chi connectivity index (χ2n) is 3.53. The van der Waals surface area contributed by atoms with E-state index >= 15 is 0 Å². The van der Waals surface area contributed by atoms with Gasteiger partial charge in [-0.05, 0) is 29.8 Å². The summed E-state index contributed by atoms with van der Waals surface area (Å²) in [6.45, 7) is 0.539. The molecule has 2 heterocycles. The Hall–Kier alpha value is -2.36. The summed E-state index contributed by atoms with van der Waals surface area (Å²) < 4.78 is 1.68. The first kappa shape index (κ1) is 11.1. The summed E-state index contributed by atoms with van der Waals surface area (Å²) in [6.07, 6.45) is 9.05. The summed E-state index contributed by atoms with van der Waals surface area (Å²) in [5.41, 5.74) is 1.34. The molecule has 0 aliphatic heterocycles. The van der Waals surface area contributed by atoms with Crippen molar-refractivity contribution in [1.82, 2.24) is 9.55 Å². The zero-order valence-electron chi connectivity index (χ0n) is 9.15. The summed E-state index contributed by atoms with van der Waals surface area (Å²) in [7, 11) is 0. The lowest BCUT2D eigenvalue weighted by molar-refractivity contribution is 0.0686. The van der Waals surface area contributed by atoms with Crippen LogP contribution < -0.4 is 0 Å². The third-order valence-corrected chi connectivity index (χ3v) is 2.37. The highest BCUT2D eigenvalue weighted by atomic mass is 16.4. The van der Waals surface area contributed by atoms with E-state index in [0.717, 1.165) is 5.56 Å². The maximum absolute atomic E-state index is 10.9. The van der Waals surface area contributed by atoms with Crippen LogP contribution in [0.4, 0.5) is 0 Å². The van der Waals surface area contributed by atoms with Crippen LogP contribution in [0.15, 0.2) is 48.9 Å². The average molecular weight is 228 g/mol. The number of rotatable bonds is 4. The van der Waals surface area contributed by atoms with Crippen molar-refractivity contribution >= 4 is 12.0 Å². The number of allylic oxidation sites excluding steroid dienone is 1. The third-order valence-electron chi connectivity index (χ3n) is 2.37. The highest BCUT2D eigenvalue weighted by molar-refractivity contribution is 5.85. The van der Waals surface area contributed by atoms with Gasteiger partial charge in [0, 0.05) is 25.1 Å². The van der Waals surface area contributed by atoms with Crippen LogP contribution in [0.2, 0.25) is 0 Å². The average Bonchev–Trinajstić information content (AvgIpc) is 2.79. The van der Waals surface area contributed by atoms with Crippen LogP contribution in [0.3, 0.4) is 0 Å². The number of hydrogen-bond donors (Lipinski definition) is 1. The van der Waals surface area contributed by atoms with Gasteiger partial charge in [0.25, 0.3) is 0 Å². The molecule has 0 aliphatic rings. The van der Waals surface area contributed by atoms with Gasteiger partial charge < -0.3 is 9.67 Å². The molecular weight excluding hydrogens is 216 g/mol. The van der Waals surface area contributed by atoms with Gasteiger partial charge in [-0.25, -0.2) is 4.79 Å². The number of pyridine rings is 1. The molecule has 1 N–H and O–H groups in total. The van der Waals surface area contributed by atoms with Gasteiger partial charge in [0.15, 0.2) is 0 Å². The van der Waals surface area contributed by atoms with Crippen molar-refractivity contribution in [3.05, 3.63) is 60.2 Å². The number of hydrogen-bond acceptors (Lipinski definition) is 2. The lowest BCUT2D eigenvalue weighted by atomic mass is 10.2. The van der Waals surface area contributed by atoms with E-state index in [0.29, 0.717) is 12.2 Å². The van der Waals surface area contributed by atoms with E-state index in [1.165, 1.54) is 0 Å². The van der Waals surface area contributed by atoms with Crippen molar-refractivity contribution in [1.29, 1.82) is 0 Å². The fourth-order valence-electron chi connectivity index (χ4n) is 1.54. The quantitative estimate of drug-likeness (QED) is 0.873. The second-order valence-corrected chi connectivity index (χ2v) is 3.53. The van der Waals surface area contributed by atoms with Crippen molar-refractivity contribution in [2.45, 2.75) is 6.54 Å². The first-order valence-corrected chi connectivity index (χ1v) is 5.22. The number of carboxylic acids is 1. The number of aromatic nitrogens is 2. The Morgan fingerprint density at radius 3 is 2.82 bits per heavy atom. The maximum atomic E-state index is 10.9. The highest BCUT2D eigenvalue weighted by Gasteiger charge is 2.06. The van der Waals surface area contributed by atoms with Gasteiger partial charge in [-0.15, -0.1) is 0 Å². The first-order valence-electron chi connectivity index (χ1n) is 5.22. The van der Waals surface area contributed by atoms with E-state index in [9.17, 15) is 4.79 Å². The Balaban J connectivity index is 2.05. The molecule has 0 atom stereocenters. The van der Waals surface area contributed by atoms with Crippen LogP contribution >= 0.6 is 0 Å². The topological polar surface area (TPSA) is 55.1 Å². The van der Waals surface area contributed by atoms with Gasteiger partial charge in [-0.1, -0.05) is 12.2 Å². The molecule has 0 bridgehead atoms. The molecule has 0 fully saturated rings. The smallest absolute Gasteiger partial charge is 0.352 e. The van der Waals surface area contributed by atoms with Crippen molar-refractivity contribution < 1.29 is 9.90 Å². The zero-order chi connectivity index (χ0) is 12.1. The normalized spacial score (nSPS) is 10.8. The van der Waals surface area contributed by atoms with Crippen LogP contribution in [-0.2, 0) is 6.54 Å². The SMILES string of the molecule is O=C(O)c1cccn1CC=Cc1ccncc1. The van der Waals surface area contributed by atoms with Crippen molar-refractivity contribution in [3.8, 4) is 0 Å². The molecule has 0 unspecified atom stereocenters. The Morgan fingerprint density at radius 2 is 2.12 bits per heavy atom. The van der Waals surface area contributed by atoms with E-state index in [1.807, 2.05) is 24.3 Å². The van der Waals surface area contributed by atoms with Gasteiger partial charge in [0.1, 0.15) is 5.69 Å². The number of carbonyl (C=O) groups is 1. The fourth-order valence-corrected chi connectivity index (χ4v) is 1.54. The van der Waals surface area contributed by atoms with Crippen LogP contribution in [0.1, 0.15) is 16.1 Å². The van der Waals surface area contributed by atoms with Gasteiger partial charge in [0.05, 0.1) is 0 Å². The van der Waals surface area contributed by atoms with Crippen LogP contribution in [-0.4, -0.2) is 20.6 Å². The summed E-state index contributed by atoms with van der Waals surface area (Å²) in [6, 6.07) is 7.10. The molecule has 4 nitrogen and oxygen atoms in total. The summed E-state index contributed by atoms with van der Waals surface area (Å²) in [5.74, 6) is -0.910. The molecule has 0 aliphatic carbocycles. The Labute approximate surface area is 98.9 Å². The monoisotopic (exact) mass is 228 g/mol. The maximum Gasteiger partial charge on any atom is 0.352 e. The standard InChI is InChI=1S/C13H12N2O2/c16-13(17)12-4-2-10-15(12)9-1-3-11-5-7-14-8-6-11/h1-8,10H,9H2,(H,16,17). The molecule has 86 valence electrons. The Morgan fingerprint density at radius 1 is 1.35 bits per heavy atom. The third kappa shape index (κ3) is 2.81. The van der Waals surface area contributed by atoms with Gasteiger partial charge in [-0.2, -0.15) is 0 Å². The molecule has 4 heteroatoms. The molecule has 2 aromatic rings. The number of aromatic carboxylic acids is 1. The molecule has 0 aromatic carbocycles. The minimum Gasteiger partial charge on any atom is -0.477 e. The first-order chi connectivity index (χ1) is 8.27. The van der Waals surface area contributed by atoms with Crippen LogP contribution in [0.25, 0.3) is 6.08 Å². The van der Waals surface area contributed by atoms with Gasteiger partial charge >= 0.3 is 5.97 Å². The minimum absolute atomic E-state index is 0.296. The molecule has 0 saturated heterocycles. The number of nitrogens with zero attached hydrogens (tertiary/aromatic N) is 2. The summed E-state index contributed by atoms with van der Waals surface area (Å²) >= 11 is 0. The predicted octanol–water partition coefficient (Wildman–Crippen LogP) is 2.29. The molecule has 0 amide bonds. The summed E-state index contributed by atoms with van der Waals surface area (Å²) in [5, 5.41) is 8.92.